The molecule has 5 heteroatoms. The zero-order chi connectivity index (χ0) is 21.7. The molecule has 0 unspecified atom stereocenters. The monoisotopic (exact) mass is 424 g/mol. The van der Waals surface area contributed by atoms with Crippen molar-refractivity contribution < 1.29 is 19.8 Å². The number of thiophene rings is 1. The maximum atomic E-state index is 12.4. The summed E-state index contributed by atoms with van der Waals surface area (Å²) < 4.78 is 1.14. The van der Waals surface area contributed by atoms with Crippen LogP contribution in [0.3, 0.4) is 0 Å². The number of carbonyl (C=O) groups excluding carboxylic acids is 1. The van der Waals surface area contributed by atoms with Crippen molar-refractivity contribution in [3.8, 4) is 0 Å². The van der Waals surface area contributed by atoms with Gasteiger partial charge in [-0.3, -0.25) is 9.59 Å². The second kappa shape index (κ2) is 9.54. The Balaban J connectivity index is 1.68. The molecule has 3 atom stereocenters. The van der Waals surface area contributed by atoms with E-state index in [-0.39, 0.29) is 24.0 Å². The third-order valence-electron chi connectivity index (χ3n) is 5.57. The number of rotatable bonds is 9. The van der Waals surface area contributed by atoms with Gasteiger partial charge in [-0.15, -0.1) is 11.3 Å². The quantitative estimate of drug-likeness (QED) is 0.404. The van der Waals surface area contributed by atoms with E-state index in [0.29, 0.717) is 19.3 Å². The molecule has 3 rings (SSSR count). The molecule has 1 aromatic carbocycles. The molecular formula is C25H28O4S. The highest BCUT2D eigenvalue weighted by molar-refractivity contribution is 7.19. The number of carboxylic acids is 1. The average Bonchev–Trinajstić information content (AvgIpc) is 3.24. The predicted molar refractivity (Wildman–Crippen MR) is 122 cm³/mol. The van der Waals surface area contributed by atoms with Crippen LogP contribution in [0.2, 0.25) is 0 Å². The van der Waals surface area contributed by atoms with E-state index in [0.717, 1.165) is 20.5 Å². The van der Waals surface area contributed by atoms with Crippen LogP contribution in [0.1, 0.15) is 44.4 Å². The minimum absolute atomic E-state index is 0.0398. The van der Waals surface area contributed by atoms with E-state index in [1.165, 1.54) is 0 Å². The van der Waals surface area contributed by atoms with Gasteiger partial charge in [-0.25, -0.2) is 0 Å². The fourth-order valence-corrected chi connectivity index (χ4v) is 4.90. The van der Waals surface area contributed by atoms with E-state index in [1.54, 1.807) is 24.3 Å². The van der Waals surface area contributed by atoms with Crippen LogP contribution in [0, 0.1) is 11.8 Å². The first-order chi connectivity index (χ1) is 14.3. The van der Waals surface area contributed by atoms with E-state index >= 15 is 0 Å². The maximum absolute atomic E-state index is 12.4. The number of ketones is 1. The summed E-state index contributed by atoms with van der Waals surface area (Å²) >= 11 is 1.58. The molecule has 0 radical (unpaired) electrons. The fraction of sp³-hybridized carbons (Fsp3) is 0.360. The van der Waals surface area contributed by atoms with Crippen molar-refractivity contribution >= 4 is 33.2 Å². The lowest BCUT2D eigenvalue weighted by Crippen LogP contribution is -2.19. The number of fused-ring (bicyclic) bond motifs is 1. The summed E-state index contributed by atoms with van der Waals surface area (Å²) in [5, 5.41) is 20.9. The van der Waals surface area contributed by atoms with Gasteiger partial charge in [-0.2, -0.15) is 0 Å². The molecule has 1 aromatic heterocycles. The SMILES string of the molecule is CC1=CC(=O)[C@H](CC=CCCCC(=O)O)[C@H]1C=C[C@@](C)(O)c1cc2ccccc2s1. The second-order valence-corrected chi connectivity index (χ2v) is 9.15. The van der Waals surface area contributed by atoms with Crippen LogP contribution in [-0.2, 0) is 15.2 Å². The van der Waals surface area contributed by atoms with Crippen molar-refractivity contribution in [1.82, 2.24) is 0 Å². The van der Waals surface area contributed by atoms with Crippen LogP contribution in [0.5, 0.6) is 0 Å². The fourth-order valence-electron chi connectivity index (χ4n) is 3.81. The number of carboxylic acid groups (broad SMARTS) is 1. The van der Waals surface area contributed by atoms with Crippen molar-refractivity contribution in [2.45, 2.75) is 45.1 Å². The molecule has 2 N–H and O–H groups in total. The van der Waals surface area contributed by atoms with Gasteiger partial charge in [0.15, 0.2) is 5.78 Å². The molecule has 30 heavy (non-hydrogen) atoms. The zero-order valence-corrected chi connectivity index (χ0v) is 18.2. The standard InChI is InChI=1S/C25H28O4S/c1-17-15-21(26)20(10-5-3-4-6-12-24(27)28)19(17)13-14-25(2,29)23-16-18-9-7-8-11-22(18)30-23/h3,5,7-9,11,13-16,19-20,29H,4,6,10,12H2,1-2H3,(H,27,28)/t19-,20+,25+/m0/s1. The Morgan fingerprint density at radius 3 is 2.77 bits per heavy atom. The molecule has 0 fully saturated rings. The Bertz CT molecular complexity index is 976. The Morgan fingerprint density at radius 1 is 1.27 bits per heavy atom. The average molecular weight is 425 g/mol. The lowest BCUT2D eigenvalue weighted by Gasteiger charge is -2.20. The number of carbonyl (C=O) groups is 2. The Hall–Kier alpha value is -2.50. The molecule has 2 aromatic rings. The molecule has 0 amide bonds. The first kappa shape index (κ1) is 22.2. The Labute approximate surface area is 181 Å². The predicted octanol–water partition coefficient (Wildman–Crippen LogP) is 5.63. The normalized spacial score (nSPS) is 21.6. The summed E-state index contributed by atoms with van der Waals surface area (Å²) in [4.78, 5) is 23.9. The number of hydrogen-bond donors (Lipinski definition) is 2. The van der Waals surface area contributed by atoms with E-state index in [9.17, 15) is 14.7 Å². The molecular weight excluding hydrogens is 396 g/mol. The van der Waals surface area contributed by atoms with Gasteiger partial charge < -0.3 is 10.2 Å². The molecule has 1 heterocycles. The first-order valence-electron chi connectivity index (χ1n) is 10.3. The molecule has 0 spiro atoms. The van der Waals surface area contributed by atoms with Crippen LogP contribution in [-0.4, -0.2) is 22.0 Å². The lowest BCUT2D eigenvalue weighted by atomic mass is 9.86. The van der Waals surface area contributed by atoms with Crippen molar-refractivity contribution in [2.24, 2.45) is 11.8 Å². The third-order valence-corrected chi connectivity index (χ3v) is 6.91. The summed E-state index contributed by atoms with van der Waals surface area (Å²) in [7, 11) is 0. The van der Waals surface area contributed by atoms with Gasteiger partial charge in [0.2, 0.25) is 0 Å². The molecule has 0 aliphatic heterocycles. The molecule has 0 saturated carbocycles. The third kappa shape index (κ3) is 5.35. The number of aliphatic hydroxyl groups is 1. The molecule has 1 aliphatic rings. The largest absolute Gasteiger partial charge is 0.481 e. The number of aliphatic carboxylic acids is 1. The van der Waals surface area contributed by atoms with Gasteiger partial charge in [0.1, 0.15) is 5.60 Å². The first-order valence-corrected chi connectivity index (χ1v) is 11.1. The molecule has 0 bridgehead atoms. The second-order valence-electron chi connectivity index (χ2n) is 8.07. The highest BCUT2D eigenvalue weighted by atomic mass is 32.1. The van der Waals surface area contributed by atoms with Crippen LogP contribution >= 0.6 is 11.3 Å². The van der Waals surface area contributed by atoms with Gasteiger partial charge in [-0.1, -0.05) is 48.1 Å². The molecule has 1 aliphatic carbocycles. The van der Waals surface area contributed by atoms with Gasteiger partial charge in [-0.05, 0) is 56.7 Å². The molecule has 0 saturated heterocycles. The highest BCUT2D eigenvalue weighted by Crippen LogP contribution is 2.37. The highest BCUT2D eigenvalue weighted by Gasteiger charge is 2.32. The number of unbranched alkanes of at least 4 members (excludes halogenated alkanes) is 1. The Morgan fingerprint density at radius 2 is 2.03 bits per heavy atom. The smallest absolute Gasteiger partial charge is 0.303 e. The maximum Gasteiger partial charge on any atom is 0.303 e. The summed E-state index contributed by atoms with van der Waals surface area (Å²) in [6.45, 7) is 3.74. The van der Waals surface area contributed by atoms with E-state index in [2.05, 4.69) is 0 Å². The minimum atomic E-state index is -1.10. The Kier molecular flexibility index (Phi) is 7.06. The van der Waals surface area contributed by atoms with E-state index in [1.807, 2.05) is 61.6 Å². The number of benzene rings is 1. The van der Waals surface area contributed by atoms with Crippen LogP contribution in [0.15, 0.2) is 66.3 Å². The van der Waals surface area contributed by atoms with E-state index < -0.39 is 11.6 Å². The van der Waals surface area contributed by atoms with Gasteiger partial charge in [0.25, 0.3) is 0 Å². The van der Waals surface area contributed by atoms with Gasteiger partial charge in [0, 0.05) is 27.8 Å². The summed E-state index contributed by atoms with van der Waals surface area (Å²) in [5.74, 6) is -0.888. The van der Waals surface area contributed by atoms with E-state index in [4.69, 9.17) is 5.11 Å². The van der Waals surface area contributed by atoms with Crippen molar-refractivity contribution in [2.75, 3.05) is 0 Å². The van der Waals surface area contributed by atoms with Crippen molar-refractivity contribution in [3.63, 3.8) is 0 Å². The molecule has 158 valence electrons. The number of hydrogen-bond acceptors (Lipinski definition) is 4. The van der Waals surface area contributed by atoms with Crippen molar-refractivity contribution in [3.05, 3.63) is 71.2 Å². The van der Waals surface area contributed by atoms with Crippen LogP contribution < -0.4 is 0 Å². The van der Waals surface area contributed by atoms with Gasteiger partial charge in [0.05, 0.1) is 0 Å². The zero-order valence-electron chi connectivity index (χ0n) is 17.4. The lowest BCUT2D eigenvalue weighted by molar-refractivity contribution is -0.137. The summed E-state index contributed by atoms with van der Waals surface area (Å²) in [6, 6.07) is 10.1. The topological polar surface area (TPSA) is 74.6 Å². The summed E-state index contributed by atoms with van der Waals surface area (Å²) in [5.41, 5.74) is -0.0972. The minimum Gasteiger partial charge on any atom is -0.481 e. The van der Waals surface area contributed by atoms with Crippen molar-refractivity contribution in [1.29, 1.82) is 0 Å². The van der Waals surface area contributed by atoms with Crippen LogP contribution in [0.4, 0.5) is 0 Å². The number of allylic oxidation sites excluding steroid dienone is 5. The van der Waals surface area contributed by atoms with Crippen LogP contribution in [0.25, 0.3) is 10.1 Å². The summed E-state index contributed by atoms with van der Waals surface area (Å²) in [6.07, 6.45) is 11.5. The molecule has 4 nitrogen and oxygen atoms in total. The van der Waals surface area contributed by atoms with Gasteiger partial charge >= 0.3 is 5.97 Å².